The molecule has 1 aromatic heterocycles. The molecule has 0 atom stereocenters. The van der Waals surface area contributed by atoms with E-state index in [2.05, 4.69) is 5.32 Å². The Labute approximate surface area is 228 Å². The normalized spacial score (nSPS) is 10.9. The number of hydrogen-bond acceptors (Lipinski definition) is 8. The van der Waals surface area contributed by atoms with Crippen molar-refractivity contribution in [3.8, 4) is 10.4 Å². The molecule has 208 valence electrons. The van der Waals surface area contributed by atoms with E-state index < -0.39 is 28.6 Å². The number of anilines is 1. The maximum atomic E-state index is 13.8. The molecule has 3 aromatic rings. The quantitative estimate of drug-likeness (QED) is 0.118. The van der Waals surface area contributed by atoms with Gasteiger partial charge < -0.3 is 14.4 Å². The van der Waals surface area contributed by atoms with Crippen LogP contribution >= 0.6 is 11.3 Å². The van der Waals surface area contributed by atoms with Crippen molar-refractivity contribution in [2.75, 3.05) is 32.6 Å². The van der Waals surface area contributed by atoms with E-state index in [1.165, 1.54) is 30.3 Å². The first-order valence-corrected chi connectivity index (χ1v) is 13.0. The zero-order valence-electron chi connectivity index (χ0n) is 21.8. The van der Waals surface area contributed by atoms with Gasteiger partial charge in [0.1, 0.15) is 16.6 Å². The topological polar surface area (TPSA) is 111 Å². The summed E-state index contributed by atoms with van der Waals surface area (Å²) in [5, 5.41) is 13.9. The maximum absolute atomic E-state index is 13.8. The first-order valence-electron chi connectivity index (χ1n) is 12.2. The summed E-state index contributed by atoms with van der Waals surface area (Å²) >= 11 is 1.13. The van der Waals surface area contributed by atoms with Crippen LogP contribution in [0.5, 0.6) is 0 Å². The average Bonchev–Trinajstić information content (AvgIpc) is 3.22. The smallest absolute Gasteiger partial charge is 0.412 e. The van der Waals surface area contributed by atoms with Gasteiger partial charge in [0.2, 0.25) is 0 Å². The van der Waals surface area contributed by atoms with E-state index in [-0.39, 0.29) is 41.4 Å². The highest BCUT2D eigenvalue weighted by atomic mass is 32.1. The molecule has 0 unspecified atom stereocenters. The van der Waals surface area contributed by atoms with Gasteiger partial charge in [0.05, 0.1) is 23.7 Å². The van der Waals surface area contributed by atoms with Crippen molar-refractivity contribution in [1.82, 2.24) is 4.90 Å². The number of non-ortho nitro benzene ring substituents is 1. The van der Waals surface area contributed by atoms with E-state index in [4.69, 9.17) is 9.47 Å². The van der Waals surface area contributed by atoms with Crippen LogP contribution in [0.4, 0.5) is 24.3 Å². The van der Waals surface area contributed by atoms with E-state index >= 15 is 0 Å². The van der Waals surface area contributed by atoms with Crippen molar-refractivity contribution in [3.05, 3.63) is 80.9 Å². The number of hydrogen-bond donors (Lipinski definition) is 1. The molecule has 0 aliphatic rings. The predicted molar refractivity (Wildman–Crippen MR) is 144 cm³/mol. The number of nitro groups is 1. The average molecular weight is 562 g/mol. The first kappa shape index (κ1) is 29.7. The fourth-order valence-corrected chi connectivity index (χ4v) is 5.07. The van der Waals surface area contributed by atoms with Crippen LogP contribution in [0.3, 0.4) is 0 Å². The third-order valence-corrected chi connectivity index (χ3v) is 6.83. The van der Waals surface area contributed by atoms with Gasteiger partial charge in [-0.1, -0.05) is 6.07 Å². The Bertz CT molecular complexity index is 1310. The van der Waals surface area contributed by atoms with Crippen molar-refractivity contribution in [2.24, 2.45) is 0 Å². The van der Waals surface area contributed by atoms with Crippen molar-refractivity contribution in [1.29, 1.82) is 0 Å². The lowest BCUT2D eigenvalue weighted by Crippen LogP contribution is -2.18. The van der Waals surface area contributed by atoms with Crippen LogP contribution in [0.25, 0.3) is 10.4 Å². The fraction of sp³-hybridized carbons (Fsp3) is 0.333. The van der Waals surface area contributed by atoms with Crippen molar-refractivity contribution in [3.63, 3.8) is 0 Å². The molecule has 3 rings (SSSR count). The van der Waals surface area contributed by atoms with Gasteiger partial charge in [-0.2, -0.15) is 0 Å². The van der Waals surface area contributed by atoms with Gasteiger partial charge in [0.15, 0.2) is 0 Å². The summed E-state index contributed by atoms with van der Waals surface area (Å²) in [4.78, 5) is 38.6. The molecule has 1 amide bonds. The Kier molecular flexibility index (Phi) is 10.5. The molecule has 9 nitrogen and oxygen atoms in total. The number of carbonyl (C=O) groups excluding carboxylic acids is 2. The molecular formula is C27H29F2N3O6S. The molecule has 12 heteroatoms. The molecule has 0 radical (unpaired) electrons. The summed E-state index contributed by atoms with van der Waals surface area (Å²) in [6, 6.07) is 9.59. The zero-order chi connectivity index (χ0) is 28.5. The van der Waals surface area contributed by atoms with Crippen LogP contribution in [0.15, 0.2) is 42.5 Å². The number of nitrogens with zero attached hydrogens (tertiary/aromatic N) is 2. The van der Waals surface area contributed by atoms with E-state index in [0.29, 0.717) is 35.4 Å². The molecule has 0 saturated heterocycles. The number of carbonyl (C=O) groups is 2. The highest BCUT2D eigenvalue weighted by molar-refractivity contribution is 7.20. The molecule has 0 spiro atoms. The molecule has 2 aromatic carbocycles. The number of esters is 1. The summed E-state index contributed by atoms with van der Waals surface area (Å²) in [6.45, 7) is 2.12. The lowest BCUT2D eigenvalue weighted by Gasteiger charge is -2.13. The summed E-state index contributed by atoms with van der Waals surface area (Å²) in [5.41, 5.74) is 1.33. The van der Waals surface area contributed by atoms with Gasteiger partial charge in [-0.05, 0) is 70.1 Å². The lowest BCUT2D eigenvalue weighted by molar-refractivity contribution is -0.384. The molecule has 1 N–H and O–H groups in total. The van der Waals surface area contributed by atoms with Crippen molar-refractivity contribution >= 4 is 34.1 Å². The summed E-state index contributed by atoms with van der Waals surface area (Å²) in [7, 11) is 3.64. The number of benzene rings is 2. The van der Waals surface area contributed by atoms with Gasteiger partial charge in [-0.25, -0.2) is 18.4 Å². The Morgan fingerprint density at radius 1 is 1.03 bits per heavy atom. The third-order valence-electron chi connectivity index (χ3n) is 5.63. The highest BCUT2D eigenvalue weighted by Crippen LogP contribution is 2.42. The fourth-order valence-electron chi connectivity index (χ4n) is 3.88. The number of halogens is 2. The minimum absolute atomic E-state index is 0.00177. The number of nitrogens with one attached hydrogen (secondary N) is 1. The van der Waals surface area contributed by atoms with E-state index in [1.807, 2.05) is 19.0 Å². The molecule has 0 bridgehead atoms. The Morgan fingerprint density at radius 3 is 2.28 bits per heavy atom. The Hall–Kier alpha value is -3.90. The highest BCUT2D eigenvalue weighted by Gasteiger charge is 2.27. The zero-order valence-corrected chi connectivity index (χ0v) is 22.6. The van der Waals surface area contributed by atoms with Crippen LogP contribution < -0.4 is 5.32 Å². The van der Waals surface area contributed by atoms with E-state index in [1.54, 1.807) is 19.1 Å². The molecule has 0 aliphatic carbocycles. The third kappa shape index (κ3) is 7.80. The van der Waals surface area contributed by atoms with Gasteiger partial charge in [-0.15, -0.1) is 11.3 Å². The van der Waals surface area contributed by atoms with Crippen LogP contribution in [-0.2, 0) is 22.4 Å². The summed E-state index contributed by atoms with van der Waals surface area (Å²) in [5.74, 6) is -1.86. The minimum atomic E-state index is -0.800. The number of nitro benzene ring substituents is 1. The van der Waals surface area contributed by atoms with Crippen molar-refractivity contribution < 1.29 is 32.8 Å². The van der Waals surface area contributed by atoms with Gasteiger partial charge in [0, 0.05) is 34.7 Å². The van der Waals surface area contributed by atoms with Gasteiger partial charge in [0.25, 0.3) is 5.69 Å². The van der Waals surface area contributed by atoms with Gasteiger partial charge >= 0.3 is 12.1 Å². The predicted octanol–water partition coefficient (Wildman–Crippen LogP) is 6.41. The number of ether oxygens (including phenoxy) is 2. The SMILES string of the molecule is CCOC(=O)c1c(NC(=O)OCCCCc2c(F)cccc2F)sc(-c2ccc([N+](=O)[O-])cc2)c1CN(C)C. The molecule has 0 aliphatic heterocycles. The second-order valence-corrected chi connectivity index (χ2v) is 9.81. The number of unbranched alkanes of at least 4 members (excludes halogenated alkanes) is 1. The van der Waals surface area contributed by atoms with Gasteiger partial charge in [-0.3, -0.25) is 15.4 Å². The van der Waals surface area contributed by atoms with E-state index in [9.17, 15) is 28.5 Å². The molecule has 0 fully saturated rings. The van der Waals surface area contributed by atoms with Crippen LogP contribution in [-0.4, -0.2) is 49.2 Å². The van der Waals surface area contributed by atoms with Crippen LogP contribution in [0, 0.1) is 21.7 Å². The Balaban J connectivity index is 1.77. The standard InChI is InChI=1S/C27H29F2N3O6S/c1-4-37-26(33)23-20(16-31(2)3)24(17-11-13-18(14-12-17)32(35)36)39-25(23)30-27(34)38-15-6-5-8-19-21(28)9-7-10-22(19)29/h7,9-14H,4-6,8,15-16H2,1-3H3,(H,30,34). The largest absolute Gasteiger partial charge is 0.462 e. The van der Waals surface area contributed by atoms with E-state index in [0.717, 1.165) is 11.3 Å². The number of rotatable bonds is 12. The summed E-state index contributed by atoms with van der Waals surface area (Å²) < 4.78 is 38.1. The van der Waals surface area contributed by atoms with Crippen molar-refractivity contribution in [2.45, 2.75) is 32.7 Å². The monoisotopic (exact) mass is 561 g/mol. The first-order chi connectivity index (χ1) is 18.6. The number of thiophene rings is 1. The summed E-state index contributed by atoms with van der Waals surface area (Å²) in [6.07, 6.45) is 0.130. The molecule has 1 heterocycles. The second kappa shape index (κ2) is 13.8. The molecular weight excluding hydrogens is 532 g/mol. The molecule has 39 heavy (non-hydrogen) atoms. The maximum Gasteiger partial charge on any atom is 0.412 e. The molecule has 0 saturated carbocycles. The minimum Gasteiger partial charge on any atom is -0.462 e. The number of amides is 1. The lowest BCUT2D eigenvalue weighted by atomic mass is 10.0. The van der Waals surface area contributed by atoms with Crippen LogP contribution in [0.1, 0.15) is 41.3 Å². The van der Waals surface area contributed by atoms with Crippen LogP contribution in [0.2, 0.25) is 0 Å². The second-order valence-electron chi connectivity index (χ2n) is 8.79. The Morgan fingerprint density at radius 2 is 1.69 bits per heavy atom.